The summed E-state index contributed by atoms with van der Waals surface area (Å²) < 4.78 is 0. The molecule has 0 atom stereocenters. The number of carbonyl (C=O) groups is 1. The molecule has 0 spiro atoms. The highest BCUT2D eigenvalue weighted by molar-refractivity contribution is 5.88. The molecule has 25 heavy (non-hydrogen) atoms. The third kappa shape index (κ3) is 4.81. The molecule has 1 aromatic rings. The molecule has 2 aliphatic rings. The molecular weight excluding hydrogens is 316 g/mol. The molecule has 3 heterocycles. The Kier molecular flexibility index (Phi) is 6.07. The maximum Gasteiger partial charge on any atom is 0.323 e. The first-order valence-electron chi connectivity index (χ1n) is 9.50. The molecule has 0 radical (unpaired) electrons. The smallest absolute Gasteiger partial charge is 0.323 e. The largest absolute Gasteiger partial charge is 0.354 e. The first-order chi connectivity index (χ1) is 12.1. The average molecular weight is 346 g/mol. The zero-order valence-corrected chi connectivity index (χ0v) is 15.4. The van der Waals surface area contributed by atoms with E-state index in [-0.39, 0.29) is 6.03 Å². The average Bonchev–Trinajstić information content (AvgIpc) is 2.91. The van der Waals surface area contributed by atoms with Crippen LogP contribution in [0.3, 0.4) is 0 Å². The third-order valence-electron chi connectivity index (χ3n) is 5.15. The Bertz CT molecular complexity index is 562. The lowest BCUT2D eigenvalue weighted by Gasteiger charge is -2.37. The van der Waals surface area contributed by atoms with Crippen LogP contribution in [0.5, 0.6) is 0 Å². The number of nitrogens with zero attached hydrogens (tertiary/aromatic N) is 5. The lowest BCUT2D eigenvalue weighted by atomic mass is 10.2. The van der Waals surface area contributed by atoms with Crippen molar-refractivity contribution in [1.29, 1.82) is 0 Å². The number of nitrogens with one attached hydrogen (secondary N) is 1. The minimum Gasteiger partial charge on any atom is -0.354 e. The van der Waals surface area contributed by atoms with E-state index in [4.69, 9.17) is 0 Å². The summed E-state index contributed by atoms with van der Waals surface area (Å²) in [6.45, 7) is 10.1. The van der Waals surface area contributed by atoms with Crippen molar-refractivity contribution in [1.82, 2.24) is 19.8 Å². The maximum absolute atomic E-state index is 12.5. The Morgan fingerprint density at radius 1 is 1.00 bits per heavy atom. The van der Waals surface area contributed by atoms with Gasteiger partial charge >= 0.3 is 6.03 Å². The van der Waals surface area contributed by atoms with Gasteiger partial charge in [0.25, 0.3) is 0 Å². The highest BCUT2D eigenvalue weighted by atomic mass is 16.2. The molecule has 1 N–H and O–H groups in total. The lowest BCUT2D eigenvalue weighted by Crippen LogP contribution is -2.49. The van der Waals surface area contributed by atoms with E-state index in [9.17, 15) is 4.79 Å². The Morgan fingerprint density at radius 3 is 2.32 bits per heavy atom. The summed E-state index contributed by atoms with van der Waals surface area (Å²) in [5.41, 5.74) is 0. The summed E-state index contributed by atoms with van der Waals surface area (Å²) in [5.74, 6) is 1.48. The van der Waals surface area contributed by atoms with Crippen molar-refractivity contribution in [2.24, 2.45) is 0 Å². The van der Waals surface area contributed by atoms with Crippen LogP contribution in [-0.4, -0.2) is 71.1 Å². The van der Waals surface area contributed by atoms with Crippen molar-refractivity contribution < 1.29 is 4.79 Å². The summed E-state index contributed by atoms with van der Waals surface area (Å²) in [4.78, 5) is 27.7. The number of likely N-dealkylation sites (tertiary alicyclic amines) is 1. The van der Waals surface area contributed by atoms with Gasteiger partial charge in [0, 0.05) is 51.4 Å². The monoisotopic (exact) mass is 346 g/mol. The fourth-order valence-corrected chi connectivity index (χ4v) is 3.52. The quantitative estimate of drug-likeness (QED) is 0.910. The molecule has 2 aliphatic heterocycles. The van der Waals surface area contributed by atoms with E-state index in [1.807, 2.05) is 11.0 Å². The van der Waals surface area contributed by atoms with Gasteiger partial charge in [0.05, 0.1) is 0 Å². The Hall–Kier alpha value is -1.89. The van der Waals surface area contributed by atoms with E-state index in [2.05, 4.69) is 38.9 Å². The normalized spacial score (nSPS) is 19.8. The van der Waals surface area contributed by atoms with Gasteiger partial charge in [0.1, 0.15) is 18.0 Å². The number of urea groups is 1. The highest BCUT2D eigenvalue weighted by Gasteiger charge is 2.21. The minimum atomic E-state index is -0.0452. The van der Waals surface area contributed by atoms with E-state index in [0.29, 0.717) is 11.9 Å². The summed E-state index contributed by atoms with van der Waals surface area (Å²) in [6, 6.07) is 2.42. The summed E-state index contributed by atoms with van der Waals surface area (Å²) in [5, 5.41) is 2.94. The standard InChI is InChI=1S/C18H30N6O/c1-15(2)22-9-11-23(12-10-22)17-13-16(19-14-20-17)21-18(25)24-7-5-3-4-6-8-24/h13-15H,3-12H2,1-2H3,(H,19,20,21,25). The molecule has 7 nitrogen and oxygen atoms in total. The van der Waals surface area contributed by atoms with Gasteiger partial charge in [-0.25, -0.2) is 14.8 Å². The van der Waals surface area contributed by atoms with E-state index < -0.39 is 0 Å². The first-order valence-corrected chi connectivity index (χ1v) is 9.50. The van der Waals surface area contributed by atoms with E-state index in [1.165, 1.54) is 12.8 Å². The van der Waals surface area contributed by atoms with Gasteiger partial charge in [0.2, 0.25) is 0 Å². The number of amides is 2. The van der Waals surface area contributed by atoms with Crippen molar-refractivity contribution in [3.05, 3.63) is 12.4 Å². The Morgan fingerprint density at radius 2 is 1.68 bits per heavy atom. The molecule has 2 fully saturated rings. The second kappa shape index (κ2) is 8.47. The van der Waals surface area contributed by atoms with Crippen molar-refractivity contribution in [3.63, 3.8) is 0 Å². The molecular formula is C18H30N6O. The highest BCUT2D eigenvalue weighted by Crippen LogP contribution is 2.18. The number of hydrogen-bond acceptors (Lipinski definition) is 5. The van der Waals surface area contributed by atoms with E-state index in [1.54, 1.807) is 6.33 Å². The van der Waals surface area contributed by atoms with Crippen LogP contribution in [-0.2, 0) is 0 Å². The first kappa shape index (κ1) is 17.9. The zero-order valence-electron chi connectivity index (χ0n) is 15.4. The maximum atomic E-state index is 12.5. The van der Waals surface area contributed by atoms with Crippen LogP contribution in [0.2, 0.25) is 0 Å². The van der Waals surface area contributed by atoms with E-state index in [0.717, 1.165) is 57.9 Å². The number of hydrogen-bond donors (Lipinski definition) is 1. The SMILES string of the molecule is CC(C)N1CCN(c2cc(NC(=O)N3CCCCCC3)ncn2)CC1. The molecule has 0 saturated carbocycles. The molecule has 1 aromatic heterocycles. The summed E-state index contributed by atoms with van der Waals surface area (Å²) in [6.07, 6.45) is 6.14. The van der Waals surface area contributed by atoms with Crippen LogP contribution in [0.25, 0.3) is 0 Å². The predicted molar refractivity (Wildman–Crippen MR) is 100 cm³/mol. The van der Waals surface area contributed by atoms with Crippen LogP contribution < -0.4 is 10.2 Å². The van der Waals surface area contributed by atoms with Crippen LogP contribution in [0.4, 0.5) is 16.4 Å². The van der Waals surface area contributed by atoms with Gasteiger partial charge < -0.3 is 9.80 Å². The van der Waals surface area contributed by atoms with Crippen LogP contribution in [0.1, 0.15) is 39.5 Å². The van der Waals surface area contributed by atoms with E-state index >= 15 is 0 Å². The number of aromatic nitrogens is 2. The zero-order chi connectivity index (χ0) is 17.6. The van der Waals surface area contributed by atoms with Gasteiger partial charge in [-0.15, -0.1) is 0 Å². The molecule has 2 saturated heterocycles. The molecule has 7 heteroatoms. The summed E-state index contributed by atoms with van der Waals surface area (Å²) >= 11 is 0. The minimum absolute atomic E-state index is 0.0452. The fraction of sp³-hybridized carbons (Fsp3) is 0.722. The predicted octanol–water partition coefficient (Wildman–Crippen LogP) is 2.41. The van der Waals surface area contributed by atoms with Gasteiger partial charge in [-0.3, -0.25) is 10.2 Å². The number of rotatable bonds is 3. The van der Waals surface area contributed by atoms with Gasteiger partial charge in [0.15, 0.2) is 0 Å². The van der Waals surface area contributed by atoms with Gasteiger partial charge in [-0.05, 0) is 26.7 Å². The number of anilines is 2. The Balaban J connectivity index is 1.59. The Labute approximate surface area is 150 Å². The van der Waals surface area contributed by atoms with Crippen molar-refractivity contribution in [2.75, 3.05) is 49.5 Å². The molecule has 0 bridgehead atoms. The second-order valence-corrected chi connectivity index (χ2v) is 7.21. The fourth-order valence-electron chi connectivity index (χ4n) is 3.52. The topological polar surface area (TPSA) is 64.6 Å². The molecule has 0 unspecified atom stereocenters. The molecule has 3 rings (SSSR count). The van der Waals surface area contributed by atoms with Crippen LogP contribution in [0.15, 0.2) is 12.4 Å². The number of piperazine rings is 1. The van der Waals surface area contributed by atoms with Crippen LogP contribution in [0, 0.1) is 0 Å². The van der Waals surface area contributed by atoms with Crippen molar-refractivity contribution in [3.8, 4) is 0 Å². The molecule has 0 aromatic carbocycles. The summed E-state index contributed by atoms with van der Waals surface area (Å²) in [7, 11) is 0. The van der Waals surface area contributed by atoms with Crippen LogP contribution >= 0.6 is 0 Å². The van der Waals surface area contributed by atoms with Gasteiger partial charge in [-0.1, -0.05) is 12.8 Å². The van der Waals surface area contributed by atoms with Crippen molar-refractivity contribution >= 4 is 17.7 Å². The molecule has 2 amide bonds. The lowest BCUT2D eigenvalue weighted by molar-refractivity contribution is 0.209. The second-order valence-electron chi connectivity index (χ2n) is 7.21. The van der Waals surface area contributed by atoms with Gasteiger partial charge in [-0.2, -0.15) is 0 Å². The molecule has 138 valence electrons. The number of carbonyl (C=O) groups excluding carboxylic acids is 1. The van der Waals surface area contributed by atoms with Crippen molar-refractivity contribution in [2.45, 2.75) is 45.6 Å². The molecule has 0 aliphatic carbocycles. The third-order valence-corrected chi connectivity index (χ3v) is 5.15.